The summed E-state index contributed by atoms with van der Waals surface area (Å²) < 4.78 is 47.2. The highest BCUT2D eigenvalue weighted by Crippen LogP contribution is 2.35. The Morgan fingerprint density at radius 1 is 0.853 bits per heavy atom. The number of amides is 2. The molecule has 0 bridgehead atoms. The summed E-state index contributed by atoms with van der Waals surface area (Å²) in [6.45, 7) is 2.30. The molecule has 2 amide bonds. The van der Waals surface area contributed by atoms with Crippen LogP contribution in [0.15, 0.2) is 84.6 Å². The van der Waals surface area contributed by atoms with E-state index in [9.17, 15) is 22.8 Å². The van der Waals surface area contributed by atoms with Crippen LogP contribution in [0, 0.1) is 0 Å². The number of imide groups is 1. The van der Waals surface area contributed by atoms with Crippen LogP contribution in [0.5, 0.6) is 11.5 Å². The van der Waals surface area contributed by atoms with E-state index < -0.39 is 23.9 Å². The second-order valence-electron chi connectivity index (χ2n) is 7.19. The van der Waals surface area contributed by atoms with Crippen molar-refractivity contribution < 1.29 is 32.2 Å². The summed E-state index contributed by atoms with van der Waals surface area (Å²) in [5.74, 6) is -1.08. The van der Waals surface area contributed by atoms with Crippen LogP contribution in [0.3, 0.4) is 0 Å². The fraction of sp³-hybridized carbons (Fsp3) is 0.120. The van der Waals surface area contributed by atoms with Crippen molar-refractivity contribution in [3.8, 4) is 11.5 Å². The second-order valence-corrected chi connectivity index (χ2v) is 7.19. The molecule has 0 fully saturated rings. The molecule has 9 heteroatoms. The molecule has 3 aromatic carbocycles. The molecule has 1 aliphatic rings. The fourth-order valence-corrected chi connectivity index (χ4v) is 3.53. The molecular formula is C25H19F3N2O4. The number of carbonyl (C=O) groups is 2. The van der Waals surface area contributed by atoms with Crippen LogP contribution in [0.4, 0.5) is 24.5 Å². The standard InChI is InChI=1S/C25H19F3N2O4/c1-2-33-19-13-11-18(12-14-19)30-23(31)21(16-7-4-3-5-8-16)22(24(30)32)29-17-9-6-10-20(15-17)34-25(26,27)28/h3-15,29H,2H2,1H3. The van der Waals surface area contributed by atoms with E-state index in [1.807, 2.05) is 6.92 Å². The molecule has 0 radical (unpaired) electrons. The number of benzene rings is 3. The highest BCUT2D eigenvalue weighted by atomic mass is 19.4. The van der Waals surface area contributed by atoms with E-state index in [0.717, 1.165) is 17.0 Å². The van der Waals surface area contributed by atoms with Crippen LogP contribution < -0.4 is 19.7 Å². The van der Waals surface area contributed by atoms with Crippen molar-refractivity contribution in [1.82, 2.24) is 0 Å². The Morgan fingerprint density at radius 2 is 1.56 bits per heavy atom. The van der Waals surface area contributed by atoms with E-state index in [2.05, 4.69) is 10.1 Å². The minimum Gasteiger partial charge on any atom is -0.494 e. The Labute approximate surface area is 193 Å². The largest absolute Gasteiger partial charge is 0.573 e. The molecule has 1 N–H and O–H groups in total. The van der Waals surface area contributed by atoms with Gasteiger partial charge in [-0.15, -0.1) is 13.2 Å². The summed E-state index contributed by atoms with van der Waals surface area (Å²) >= 11 is 0. The van der Waals surface area contributed by atoms with Gasteiger partial charge >= 0.3 is 6.36 Å². The average Bonchev–Trinajstić information content (AvgIpc) is 3.03. The van der Waals surface area contributed by atoms with Crippen LogP contribution in [-0.2, 0) is 9.59 Å². The van der Waals surface area contributed by atoms with Crippen molar-refractivity contribution in [1.29, 1.82) is 0 Å². The lowest BCUT2D eigenvalue weighted by Crippen LogP contribution is -2.32. The van der Waals surface area contributed by atoms with E-state index in [-0.39, 0.29) is 17.0 Å². The Morgan fingerprint density at radius 3 is 2.21 bits per heavy atom. The van der Waals surface area contributed by atoms with Crippen molar-refractivity contribution in [3.63, 3.8) is 0 Å². The highest BCUT2D eigenvalue weighted by molar-refractivity contribution is 6.46. The Bertz CT molecular complexity index is 1240. The maximum Gasteiger partial charge on any atom is 0.573 e. The summed E-state index contributed by atoms with van der Waals surface area (Å²) in [4.78, 5) is 27.8. The molecule has 0 saturated heterocycles. The number of nitrogens with zero attached hydrogens (tertiary/aromatic N) is 1. The predicted octanol–water partition coefficient (Wildman–Crippen LogP) is 5.38. The summed E-state index contributed by atoms with van der Waals surface area (Å²) in [5.41, 5.74) is 1.01. The Kier molecular flexibility index (Phi) is 6.27. The zero-order valence-corrected chi connectivity index (χ0v) is 17.9. The molecule has 0 aromatic heterocycles. The third-order valence-electron chi connectivity index (χ3n) is 4.89. The van der Waals surface area contributed by atoms with Gasteiger partial charge in [0.2, 0.25) is 0 Å². The number of nitrogens with one attached hydrogen (secondary N) is 1. The average molecular weight is 468 g/mol. The maximum absolute atomic E-state index is 13.4. The van der Waals surface area contributed by atoms with E-state index in [1.165, 1.54) is 12.1 Å². The van der Waals surface area contributed by atoms with Crippen LogP contribution in [0.25, 0.3) is 5.57 Å². The van der Waals surface area contributed by atoms with E-state index >= 15 is 0 Å². The molecule has 34 heavy (non-hydrogen) atoms. The maximum atomic E-state index is 13.4. The van der Waals surface area contributed by atoms with Crippen molar-refractivity contribution in [2.45, 2.75) is 13.3 Å². The zero-order chi connectivity index (χ0) is 24.3. The first-order valence-corrected chi connectivity index (χ1v) is 10.3. The third kappa shape index (κ3) is 4.88. The fourth-order valence-electron chi connectivity index (χ4n) is 3.53. The van der Waals surface area contributed by atoms with Gasteiger partial charge in [0, 0.05) is 11.8 Å². The lowest BCUT2D eigenvalue weighted by Gasteiger charge is -2.16. The number of hydrogen-bond donors (Lipinski definition) is 1. The molecule has 0 saturated carbocycles. The molecule has 0 aliphatic carbocycles. The van der Waals surface area contributed by atoms with Crippen molar-refractivity contribution in [2.75, 3.05) is 16.8 Å². The molecular weight excluding hydrogens is 449 g/mol. The topological polar surface area (TPSA) is 67.9 Å². The minimum atomic E-state index is -4.86. The second kappa shape index (κ2) is 9.30. The van der Waals surface area contributed by atoms with Gasteiger partial charge in [0.15, 0.2) is 0 Å². The highest BCUT2D eigenvalue weighted by Gasteiger charge is 2.40. The lowest BCUT2D eigenvalue weighted by atomic mass is 10.0. The van der Waals surface area contributed by atoms with Gasteiger partial charge < -0.3 is 14.8 Å². The molecule has 1 heterocycles. The van der Waals surface area contributed by atoms with Crippen molar-refractivity contribution in [3.05, 3.63) is 90.1 Å². The molecule has 174 valence electrons. The number of anilines is 2. The smallest absolute Gasteiger partial charge is 0.494 e. The molecule has 6 nitrogen and oxygen atoms in total. The van der Waals surface area contributed by atoms with Gasteiger partial charge in [-0.2, -0.15) is 0 Å². The Hall–Kier alpha value is -4.27. The minimum absolute atomic E-state index is 0.0609. The van der Waals surface area contributed by atoms with Crippen LogP contribution in [0.2, 0.25) is 0 Å². The molecule has 1 aliphatic heterocycles. The van der Waals surface area contributed by atoms with E-state index in [0.29, 0.717) is 23.6 Å². The van der Waals surface area contributed by atoms with E-state index in [1.54, 1.807) is 54.6 Å². The number of rotatable bonds is 7. The third-order valence-corrected chi connectivity index (χ3v) is 4.89. The zero-order valence-electron chi connectivity index (χ0n) is 17.9. The van der Waals surface area contributed by atoms with Gasteiger partial charge in [0.05, 0.1) is 17.9 Å². The normalized spacial score (nSPS) is 13.9. The molecule has 0 unspecified atom stereocenters. The summed E-state index contributed by atoms with van der Waals surface area (Å²) in [6.07, 6.45) is -4.86. The van der Waals surface area contributed by atoms with Crippen LogP contribution >= 0.6 is 0 Å². The number of hydrogen-bond acceptors (Lipinski definition) is 5. The van der Waals surface area contributed by atoms with Gasteiger partial charge in [-0.3, -0.25) is 9.59 Å². The number of ether oxygens (including phenoxy) is 2. The quantitative estimate of drug-likeness (QED) is 0.472. The van der Waals surface area contributed by atoms with Gasteiger partial charge in [-0.25, -0.2) is 4.90 Å². The Balaban J connectivity index is 1.72. The monoisotopic (exact) mass is 468 g/mol. The first kappa shape index (κ1) is 22.9. The summed E-state index contributed by atoms with van der Waals surface area (Å²) in [6, 6.07) is 20.1. The number of carbonyl (C=O) groups excluding carboxylic acids is 2. The number of alkyl halides is 3. The molecule has 0 spiro atoms. The molecule has 0 atom stereocenters. The van der Waals surface area contributed by atoms with Crippen LogP contribution in [0.1, 0.15) is 12.5 Å². The molecule has 3 aromatic rings. The first-order valence-electron chi connectivity index (χ1n) is 10.3. The number of halogens is 3. The van der Waals surface area contributed by atoms with Crippen molar-refractivity contribution >= 4 is 28.8 Å². The van der Waals surface area contributed by atoms with Gasteiger partial charge in [-0.05, 0) is 48.9 Å². The van der Waals surface area contributed by atoms with Gasteiger partial charge in [0.25, 0.3) is 11.8 Å². The first-order chi connectivity index (χ1) is 16.3. The van der Waals surface area contributed by atoms with E-state index in [4.69, 9.17) is 4.74 Å². The molecule has 4 rings (SSSR count). The van der Waals surface area contributed by atoms with Gasteiger partial charge in [-0.1, -0.05) is 36.4 Å². The SMILES string of the molecule is CCOc1ccc(N2C(=O)C(Nc3cccc(OC(F)(F)F)c3)=C(c3ccccc3)C2=O)cc1. The predicted molar refractivity (Wildman–Crippen MR) is 120 cm³/mol. The summed E-state index contributed by atoms with van der Waals surface area (Å²) in [7, 11) is 0. The van der Waals surface area contributed by atoms with Gasteiger partial charge in [0.1, 0.15) is 17.2 Å². The van der Waals surface area contributed by atoms with Crippen molar-refractivity contribution in [2.24, 2.45) is 0 Å². The lowest BCUT2D eigenvalue weighted by molar-refractivity contribution is -0.274. The summed E-state index contributed by atoms with van der Waals surface area (Å²) in [5, 5.41) is 2.82. The van der Waals surface area contributed by atoms with Crippen LogP contribution in [-0.4, -0.2) is 24.8 Å².